The van der Waals surface area contributed by atoms with Crippen LogP contribution in [0, 0.1) is 6.92 Å². The zero-order chi connectivity index (χ0) is 18.4. The minimum Gasteiger partial charge on any atom is -0.336 e. The smallest absolute Gasteiger partial charge is 0.226 e. The molecule has 5 heteroatoms. The Morgan fingerprint density at radius 3 is 2.44 bits per heavy atom. The predicted molar refractivity (Wildman–Crippen MR) is 102 cm³/mol. The number of benzene rings is 2. The van der Waals surface area contributed by atoms with Crippen molar-refractivity contribution in [3.63, 3.8) is 0 Å². The second kappa shape index (κ2) is 8.67. The number of rotatable bonds is 6. The van der Waals surface area contributed by atoms with E-state index in [-0.39, 0.29) is 24.3 Å². The van der Waals surface area contributed by atoms with Gasteiger partial charge in [-0.2, -0.15) is 0 Å². The highest BCUT2D eigenvalue weighted by Gasteiger charge is 2.19. The Labute approximate surface area is 153 Å². The molecule has 1 unspecified atom stereocenters. The maximum Gasteiger partial charge on any atom is 0.226 e. The summed E-state index contributed by atoms with van der Waals surface area (Å²) in [5.74, 6) is -0.194. The van der Waals surface area contributed by atoms with Crippen LogP contribution in [0.4, 0.5) is 5.69 Å². The number of nitrogens with zero attached hydrogens (tertiary/aromatic N) is 1. The van der Waals surface area contributed by atoms with Gasteiger partial charge < -0.3 is 10.2 Å². The van der Waals surface area contributed by atoms with Crippen LogP contribution in [-0.4, -0.2) is 23.3 Å². The molecule has 0 aliphatic rings. The van der Waals surface area contributed by atoms with Crippen molar-refractivity contribution in [3.05, 3.63) is 64.7 Å². The van der Waals surface area contributed by atoms with Crippen LogP contribution in [0.5, 0.6) is 0 Å². The van der Waals surface area contributed by atoms with E-state index in [1.165, 1.54) is 6.92 Å². The van der Waals surface area contributed by atoms with Gasteiger partial charge in [0, 0.05) is 30.6 Å². The first kappa shape index (κ1) is 19.0. The van der Waals surface area contributed by atoms with Gasteiger partial charge in [-0.1, -0.05) is 48.0 Å². The molecule has 0 aliphatic carbocycles. The van der Waals surface area contributed by atoms with Crippen LogP contribution in [0.3, 0.4) is 0 Å². The molecule has 0 fully saturated rings. The average molecular weight is 359 g/mol. The van der Waals surface area contributed by atoms with Gasteiger partial charge in [0.05, 0.1) is 6.04 Å². The molecule has 1 N–H and O–H groups in total. The van der Waals surface area contributed by atoms with Crippen LogP contribution in [0.25, 0.3) is 0 Å². The largest absolute Gasteiger partial charge is 0.336 e. The van der Waals surface area contributed by atoms with E-state index in [9.17, 15) is 9.59 Å². The van der Waals surface area contributed by atoms with Gasteiger partial charge in [-0.05, 0) is 37.1 Å². The van der Waals surface area contributed by atoms with E-state index in [4.69, 9.17) is 11.6 Å². The molecule has 0 spiro atoms. The summed E-state index contributed by atoms with van der Waals surface area (Å²) in [4.78, 5) is 26.0. The maximum absolute atomic E-state index is 12.3. The number of halogens is 1. The SMILES string of the molecule is CC(=O)N(CCC(=O)Nc1cccc(Cl)c1C)C(C)c1ccccc1. The summed E-state index contributed by atoms with van der Waals surface area (Å²) in [6.45, 7) is 5.71. The van der Waals surface area contributed by atoms with E-state index in [0.717, 1.165) is 11.1 Å². The van der Waals surface area contributed by atoms with Gasteiger partial charge in [0.25, 0.3) is 0 Å². The lowest BCUT2D eigenvalue weighted by Gasteiger charge is -2.28. The van der Waals surface area contributed by atoms with Gasteiger partial charge in [-0.15, -0.1) is 0 Å². The summed E-state index contributed by atoms with van der Waals surface area (Å²) in [5, 5.41) is 3.47. The molecule has 0 saturated heterocycles. The van der Waals surface area contributed by atoms with Crippen LogP contribution in [0.2, 0.25) is 5.02 Å². The van der Waals surface area contributed by atoms with Crippen molar-refractivity contribution in [3.8, 4) is 0 Å². The molecule has 25 heavy (non-hydrogen) atoms. The lowest BCUT2D eigenvalue weighted by molar-refractivity contribution is -0.131. The lowest BCUT2D eigenvalue weighted by Crippen LogP contribution is -2.34. The molecule has 1 atom stereocenters. The Hall–Kier alpha value is -2.33. The number of carbonyl (C=O) groups excluding carboxylic acids is 2. The zero-order valence-electron chi connectivity index (χ0n) is 14.8. The van der Waals surface area contributed by atoms with Crippen molar-refractivity contribution < 1.29 is 9.59 Å². The highest BCUT2D eigenvalue weighted by molar-refractivity contribution is 6.31. The molecule has 132 valence electrons. The van der Waals surface area contributed by atoms with Crippen molar-refractivity contribution in [1.29, 1.82) is 0 Å². The second-order valence-corrected chi connectivity index (χ2v) is 6.42. The molecule has 0 aromatic heterocycles. The Morgan fingerprint density at radius 1 is 1.12 bits per heavy atom. The van der Waals surface area contributed by atoms with E-state index in [1.54, 1.807) is 17.0 Å². The number of amides is 2. The van der Waals surface area contributed by atoms with E-state index in [1.807, 2.05) is 50.2 Å². The third-order valence-electron chi connectivity index (χ3n) is 4.28. The van der Waals surface area contributed by atoms with E-state index < -0.39 is 0 Å². The second-order valence-electron chi connectivity index (χ2n) is 6.01. The number of carbonyl (C=O) groups is 2. The fourth-order valence-corrected chi connectivity index (χ4v) is 2.89. The van der Waals surface area contributed by atoms with Crippen molar-refractivity contribution >= 4 is 29.1 Å². The first-order chi connectivity index (χ1) is 11.9. The van der Waals surface area contributed by atoms with E-state index >= 15 is 0 Å². The summed E-state index contributed by atoms with van der Waals surface area (Å²) < 4.78 is 0. The van der Waals surface area contributed by atoms with Crippen LogP contribution < -0.4 is 5.32 Å². The highest BCUT2D eigenvalue weighted by atomic mass is 35.5. The van der Waals surface area contributed by atoms with Crippen molar-refractivity contribution in [2.24, 2.45) is 0 Å². The summed E-state index contributed by atoms with van der Waals surface area (Å²) in [6.07, 6.45) is 0.225. The van der Waals surface area contributed by atoms with Gasteiger partial charge in [0.1, 0.15) is 0 Å². The minimum atomic E-state index is -0.142. The fraction of sp³-hybridized carbons (Fsp3) is 0.300. The standard InChI is InChI=1S/C20H23ClN2O2/c1-14-18(21)10-7-11-19(14)22-20(25)12-13-23(16(3)24)15(2)17-8-5-4-6-9-17/h4-11,15H,12-13H2,1-3H3,(H,22,25). The molecular weight excluding hydrogens is 336 g/mol. The molecule has 0 radical (unpaired) electrons. The van der Waals surface area contributed by atoms with Gasteiger partial charge in [-0.3, -0.25) is 9.59 Å². The molecule has 0 heterocycles. The van der Waals surface area contributed by atoms with Crippen molar-refractivity contribution in [1.82, 2.24) is 4.90 Å². The predicted octanol–water partition coefficient (Wildman–Crippen LogP) is 4.59. The molecule has 4 nitrogen and oxygen atoms in total. The normalized spacial score (nSPS) is 11.7. The third kappa shape index (κ3) is 5.07. The summed E-state index contributed by atoms with van der Waals surface area (Å²) in [7, 11) is 0. The van der Waals surface area contributed by atoms with Gasteiger partial charge >= 0.3 is 0 Å². The summed E-state index contributed by atoms with van der Waals surface area (Å²) >= 11 is 6.07. The number of nitrogens with one attached hydrogen (secondary N) is 1. The van der Waals surface area contributed by atoms with Crippen LogP contribution >= 0.6 is 11.6 Å². The van der Waals surface area contributed by atoms with Gasteiger partial charge in [0.15, 0.2) is 0 Å². The van der Waals surface area contributed by atoms with E-state index in [0.29, 0.717) is 17.3 Å². The van der Waals surface area contributed by atoms with E-state index in [2.05, 4.69) is 5.32 Å². The number of hydrogen-bond donors (Lipinski definition) is 1. The molecule has 0 saturated carbocycles. The topological polar surface area (TPSA) is 49.4 Å². The quantitative estimate of drug-likeness (QED) is 0.821. The number of hydrogen-bond acceptors (Lipinski definition) is 2. The molecule has 0 bridgehead atoms. The van der Waals surface area contributed by atoms with Crippen LogP contribution in [-0.2, 0) is 9.59 Å². The molecular formula is C20H23ClN2O2. The zero-order valence-corrected chi connectivity index (χ0v) is 15.5. The summed E-state index contributed by atoms with van der Waals surface area (Å²) in [5.41, 5.74) is 2.57. The third-order valence-corrected chi connectivity index (χ3v) is 4.68. The maximum atomic E-state index is 12.3. The molecule has 2 aromatic rings. The molecule has 0 aliphatic heterocycles. The minimum absolute atomic E-state index is 0.0527. The monoisotopic (exact) mass is 358 g/mol. The summed E-state index contributed by atoms with van der Waals surface area (Å²) in [6, 6.07) is 15.1. The molecule has 2 amide bonds. The Balaban J connectivity index is 2.00. The molecule has 2 aromatic carbocycles. The van der Waals surface area contributed by atoms with Gasteiger partial charge in [0.2, 0.25) is 11.8 Å². The Bertz CT molecular complexity index is 747. The first-order valence-corrected chi connectivity index (χ1v) is 8.65. The molecule has 2 rings (SSSR count). The lowest BCUT2D eigenvalue weighted by atomic mass is 10.1. The Kier molecular flexibility index (Phi) is 6.59. The average Bonchev–Trinajstić information content (AvgIpc) is 2.59. The Morgan fingerprint density at radius 2 is 1.80 bits per heavy atom. The fourth-order valence-electron chi connectivity index (χ4n) is 2.71. The first-order valence-electron chi connectivity index (χ1n) is 8.27. The van der Waals surface area contributed by atoms with Crippen LogP contribution in [0.15, 0.2) is 48.5 Å². The van der Waals surface area contributed by atoms with Gasteiger partial charge in [-0.25, -0.2) is 0 Å². The van der Waals surface area contributed by atoms with Crippen LogP contribution in [0.1, 0.15) is 37.4 Å². The number of anilines is 1. The van der Waals surface area contributed by atoms with Crippen molar-refractivity contribution in [2.75, 3.05) is 11.9 Å². The highest BCUT2D eigenvalue weighted by Crippen LogP contribution is 2.23. The van der Waals surface area contributed by atoms with Crippen molar-refractivity contribution in [2.45, 2.75) is 33.2 Å².